The molecule has 1 amide bonds. The Bertz CT molecular complexity index is 802. The molecule has 1 aromatic carbocycles. The number of ether oxygens (including phenoxy) is 1. The highest BCUT2D eigenvalue weighted by Gasteiger charge is 2.21. The summed E-state index contributed by atoms with van der Waals surface area (Å²) in [4.78, 5) is 24.2. The Labute approximate surface area is 164 Å². The zero-order valence-electron chi connectivity index (χ0n) is 16.0. The second-order valence-electron chi connectivity index (χ2n) is 6.43. The van der Waals surface area contributed by atoms with Gasteiger partial charge in [0, 0.05) is 11.6 Å². The van der Waals surface area contributed by atoms with Crippen LogP contribution in [0.5, 0.6) is 0 Å². The van der Waals surface area contributed by atoms with Crippen molar-refractivity contribution in [1.29, 1.82) is 0 Å². The molecule has 0 radical (unpaired) electrons. The van der Waals surface area contributed by atoms with E-state index in [0.717, 1.165) is 24.8 Å². The van der Waals surface area contributed by atoms with Crippen molar-refractivity contribution in [3.63, 3.8) is 0 Å². The van der Waals surface area contributed by atoms with Crippen molar-refractivity contribution in [3.8, 4) is 0 Å². The Balaban J connectivity index is 1.98. The van der Waals surface area contributed by atoms with Gasteiger partial charge in [-0.2, -0.15) is 5.10 Å². The highest BCUT2D eigenvalue weighted by atomic mass is 35.5. The van der Waals surface area contributed by atoms with Crippen molar-refractivity contribution in [1.82, 2.24) is 15.1 Å². The molecule has 0 aliphatic carbocycles. The fraction of sp³-hybridized carbons (Fsp3) is 0.450. The van der Waals surface area contributed by atoms with Crippen LogP contribution in [0.15, 0.2) is 24.3 Å². The third-order valence-electron chi connectivity index (χ3n) is 4.30. The van der Waals surface area contributed by atoms with E-state index in [0.29, 0.717) is 35.1 Å². The van der Waals surface area contributed by atoms with E-state index in [1.165, 1.54) is 0 Å². The highest BCUT2D eigenvalue weighted by Crippen LogP contribution is 2.20. The monoisotopic (exact) mass is 391 g/mol. The van der Waals surface area contributed by atoms with Gasteiger partial charge in [0.25, 0.3) is 5.91 Å². The van der Waals surface area contributed by atoms with Gasteiger partial charge in [0.15, 0.2) is 6.61 Å². The Morgan fingerprint density at radius 1 is 1.22 bits per heavy atom. The molecular weight excluding hydrogens is 366 g/mol. The van der Waals surface area contributed by atoms with Crippen LogP contribution in [0.4, 0.5) is 0 Å². The maximum absolute atomic E-state index is 12.4. The van der Waals surface area contributed by atoms with Gasteiger partial charge in [0.2, 0.25) is 0 Å². The summed E-state index contributed by atoms with van der Waals surface area (Å²) in [5.74, 6) is -0.836. The summed E-state index contributed by atoms with van der Waals surface area (Å²) in [6.07, 6.45) is 3.06. The first-order chi connectivity index (χ1) is 12.9. The number of aryl methyl sites for hydroxylation is 1. The van der Waals surface area contributed by atoms with Crippen molar-refractivity contribution in [2.45, 2.75) is 46.6 Å². The number of benzene rings is 1. The minimum atomic E-state index is -0.542. The number of rotatable bonds is 9. The van der Waals surface area contributed by atoms with Gasteiger partial charge in [-0.3, -0.25) is 9.48 Å². The van der Waals surface area contributed by atoms with Crippen molar-refractivity contribution >= 4 is 23.5 Å². The second-order valence-corrected chi connectivity index (χ2v) is 6.84. The fourth-order valence-electron chi connectivity index (χ4n) is 2.79. The van der Waals surface area contributed by atoms with Gasteiger partial charge in [0.05, 0.1) is 17.9 Å². The quantitative estimate of drug-likeness (QED) is 0.523. The van der Waals surface area contributed by atoms with Crippen LogP contribution in [0.3, 0.4) is 0 Å². The second kappa shape index (κ2) is 10.1. The molecule has 146 valence electrons. The van der Waals surface area contributed by atoms with Crippen LogP contribution in [0.2, 0.25) is 5.02 Å². The average molecular weight is 392 g/mol. The van der Waals surface area contributed by atoms with Gasteiger partial charge in [-0.05, 0) is 31.9 Å². The van der Waals surface area contributed by atoms with E-state index in [-0.39, 0.29) is 12.5 Å². The maximum atomic E-state index is 12.4. The van der Waals surface area contributed by atoms with Crippen LogP contribution in [-0.2, 0) is 16.1 Å². The molecule has 27 heavy (non-hydrogen) atoms. The molecule has 0 atom stereocenters. The number of hydrogen-bond acceptors (Lipinski definition) is 4. The molecule has 0 spiro atoms. The number of nitrogens with zero attached hydrogens (tertiary/aromatic N) is 2. The van der Waals surface area contributed by atoms with Crippen LogP contribution in [-0.4, -0.2) is 34.8 Å². The molecule has 0 aliphatic rings. The Kier molecular flexibility index (Phi) is 7.85. The molecule has 2 rings (SSSR count). The summed E-state index contributed by atoms with van der Waals surface area (Å²) in [5, 5.41) is 7.81. The van der Waals surface area contributed by atoms with E-state index >= 15 is 0 Å². The van der Waals surface area contributed by atoms with Crippen molar-refractivity contribution < 1.29 is 14.3 Å². The summed E-state index contributed by atoms with van der Waals surface area (Å²) >= 11 is 6.20. The van der Waals surface area contributed by atoms with Crippen LogP contribution in [0.1, 0.15) is 53.5 Å². The largest absolute Gasteiger partial charge is 0.452 e. The Hall–Kier alpha value is -2.34. The molecule has 6 nitrogen and oxygen atoms in total. The molecule has 1 aromatic heterocycles. The lowest BCUT2D eigenvalue weighted by Crippen LogP contribution is -2.29. The third kappa shape index (κ3) is 5.82. The molecule has 0 unspecified atom stereocenters. The predicted octanol–water partition coefficient (Wildman–Crippen LogP) is 3.66. The normalized spacial score (nSPS) is 10.7. The van der Waals surface area contributed by atoms with Crippen LogP contribution in [0.25, 0.3) is 0 Å². The van der Waals surface area contributed by atoms with E-state index in [1.54, 1.807) is 18.5 Å². The number of halogens is 1. The van der Waals surface area contributed by atoms with Crippen LogP contribution >= 0.6 is 11.6 Å². The topological polar surface area (TPSA) is 73.2 Å². The lowest BCUT2D eigenvalue weighted by molar-refractivity contribution is -0.124. The molecular formula is C20H26ClN3O3. The van der Waals surface area contributed by atoms with Crippen molar-refractivity contribution in [3.05, 3.63) is 51.8 Å². The number of amides is 1. The van der Waals surface area contributed by atoms with Gasteiger partial charge in [-0.1, -0.05) is 49.6 Å². The average Bonchev–Trinajstić information content (AvgIpc) is 2.92. The predicted molar refractivity (Wildman–Crippen MR) is 105 cm³/mol. The zero-order chi connectivity index (χ0) is 19.8. The molecule has 7 heteroatoms. The molecule has 0 fully saturated rings. The number of nitrogens with one attached hydrogen (secondary N) is 1. The van der Waals surface area contributed by atoms with E-state index in [1.807, 2.05) is 24.3 Å². The van der Waals surface area contributed by atoms with Gasteiger partial charge in [-0.25, -0.2) is 4.79 Å². The molecule has 0 saturated heterocycles. The van der Waals surface area contributed by atoms with E-state index in [2.05, 4.69) is 17.3 Å². The first kappa shape index (κ1) is 21.0. The number of hydrogen-bond donors (Lipinski definition) is 1. The Morgan fingerprint density at radius 3 is 2.67 bits per heavy atom. The minimum absolute atomic E-state index is 0.292. The van der Waals surface area contributed by atoms with E-state index < -0.39 is 5.97 Å². The number of unbranched alkanes of at least 4 members (excludes halogenated alkanes) is 2. The molecule has 2 aromatic rings. The van der Waals surface area contributed by atoms with Gasteiger partial charge < -0.3 is 10.1 Å². The van der Waals surface area contributed by atoms with Gasteiger partial charge >= 0.3 is 5.97 Å². The summed E-state index contributed by atoms with van der Waals surface area (Å²) < 4.78 is 6.89. The summed E-state index contributed by atoms with van der Waals surface area (Å²) in [6, 6.07) is 7.50. The molecule has 1 N–H and O–H groups in total. The Morgan fingerprint density at radius 2 is 1.96 bits per heavy atom. The van der Waals surface area contributed by atoms with Crippen LogP contribution < -0.4 is 5.32 Å². The number of aromatic nitrogens is 2. The number of esters is 1. The summed E-state index contributed by atoms with van der Waals surface area (Å²) in [6.45, 7) is 6.41. The van der Waals surface area contributed by atoms with Gasteiger partial charge in [0.1, 0.15) is 5.56 Å². The van der Waals surface area contributed by atoms with Gasteiger partial charge in [-0.15, -0.1) is 0 Å². The van der Waals surface area contributed by atoms with Crippen molar-refractivity contribution in [2.24, 2.45) is 0 Å². The molecule has 0 bridgehead atoms. The molecule has 1 heterocycles. The SMILES string of the molecule is CCCCCNC(=O)COC(=O)c1c(C)nn(Cc2ccccc2Cl)c1C. The van der Waals surface area contributed by atoms with Crippen molar-refractivity contribution in [2.75, 3.05) is 13.2 Å². The first-order valence-electron chi connectivity index (χ1n) is 9.15. The van der Waals surface area contributed by atoms with E-state index in [4.69, 9.17) is 16.3 Å². The molecule has 0 aliphatic heterocycles. The smallest absolute Gasteiger partial charge is 0.342 e. The third-order valence-corrected chi connectivity index (χ3v) is 4.67. The zero-order valence-corrected chi connectivity index (χ0v) is 16.8. The standard InChI is InChI=1S/C20H26ClN3O3/c1-4-5-8-11-22-18(25)13-27-20(26)19-14(2)23-24(15(19)3)12-16-9-6-7-10-17(16)21/h6-7,9-10H,4-5,8,11-13H2,1-3H3,(H,22,25). The van der Waals surface area contributed by atoms with E-state index in [9.17, 15) is 9.59 Å². The highest BCUT2D eigenvalue weighted by molar-refractivity contribution is 6.31. The molecule has 0 saturated carbocycles. The maximum Gasteiger partial charge on any atom is 0.342 e. The lowest BCUT2D eigenvalue weighted by Gasteiger charge is -2.08. The first-order valence-corrected chi connectivity index (χ1v) is 9.53. The number of carbonyl (C=O) groups excluding carboxylic acids is 2. The summed E-state index contributed by atoms with van der Waals surface area (Å²) in [5.41, 5.74) is 2.55. The lowest BCUT2D eigenvalue weighted by atomic mass is 10.2. The fourth-order valence-corrected chi connectivity index (χ4v) is 2.99. The summed E-state index contributed by atoms with van der Waals surface area (Å²) in [7, 11) is 0. The number of carbonyl (C=O) groups is 2. The minimum Gasteiger partial charge on any atom is -0.452 e. The van der Waals surface area contributed by atoms with Crippen LogP contribution in [0, 0.1) is 13.8 Å².